The summed E-state index contributed by atoms with van der Waals surface area (Å²) >= 11 is 0. The molecule has 5 nitrogen and oxygen atoms in total. The number of esters is 1. The molecule has 0 spiro atoms. The van der Waals surface area contributed by atoms with Crippen LogP contribution in [0.1, 0.15) is 34.5 Å². The van der Waals surface area contributed by atoms with E-state index < -0.39 is 29.7 Å². The lowest BCUT2D eigenvalue weighted by Crippen LogP contribution is -2.31. The van der Waals surface area contributed by atoms with Crippen LogP contribution in [0.15, 0.2) is 36.4 Å². The Morgan fingerprint density at radius 3 is 2.56 bits per heavy atom. The van der Waals surface area contributed by atoms with E-state index in [0.717, 1.165) is 6.07 Å². The average Bonchev–Trinajstić information content (AvgIpc) is 2.58. The van der Waals surface area contributed by atoms with Crippen LogP contribution in [0.25, 0.3) is 0 Å². The van der Waals surface area contributed by atoms with Gasteiger partial charge in [0.2, 0.25) is 0 Å². The first-order chi connectivity index (χ1) is 11.8. The summed E-state index contributed by atoms with van der Waals surface area (Å²) in [6.07, 6.45) is 0. The molecule has 1 atom stereocenters. The Hall–Kier alpha value is -2.96. The van der Waals surface area contributed by atoms with Crippen molar-refractivity contribution in [1.82, 2.24) is 5.32 Å². The van der Waals surface area contributed by atoms with Crippen molar-refractivity contribution in [3.05, 3.63) is 64.7 Å². The summed E-state index contributed by atoms with van der Waals surface area (Å²) in [6, 6.07) is 7.17. The normalized spacial score (nSPS) is 11.6. The minimum Gasteiger partial charge on any atom is -0.465 e. The Morgan fingerprint density at radius 1 is 1.16 bits per heavy atom. The van der Waals surface area contributed by atoms with Gasteiger partial charge in [0.1, 0.15) is 0 Å². The van der Waals surface area contributed by atoms with Gasteiger partial charge >= 0.3 is 12.0 Å². The lowest BCUT2D eigenvalue weighted by atomic mass is 10.1. The first-order valence-electron chi connectivity index (χ1n) is 7.54. The summed E-state index contributed by atoms with van der Waals surface area (Å²) in [5.74, 6) is -2.50. The molecule has 0 saturated heterocycles. The molecule has 7 heteroatoms. The molecule has 132 valence electrons. The zero-order valence-electron chi connectivity index (χ0n) is 14.0. The van der Waals surface area contributed by atoms with Crippen LogP contribution < -0.4 is 10.6 Å². The maximum atomic E-state index is 13.8. The number of aryl methyl sites for hydroxylation is 1. The lowest BCUT2D eigenvalue weighted by molar-refractivity contribution is 0.0600. The van der Waals surface area contributed by atoms with E-state index in [1.807, 2.05) is 0 Å². The number of halogens is 2. The van der Waals surface area contributed by atoms with Gasteiger partial charge in [0.25, 0.3) is 0 Å². The van der Waals surface area contributed by atoms with Crippen LogP contribution in [0.3, 0.4) is 0 Å². The number of anilines is 1. The Balaban J connectivity index is 2.10. The monoisotopic (exact) mass is 348 g/mol. The van der Waals surface area contributed by atoms with Crippen LogP contribution >= 0.6 is 0 Å². The summed E-state index contributed by atoms with van der Waals surface area (Å²) < 4.78 is 31.7. The van der Waals surface area contributed by atoms with Crippen molar-refractivity contribution in [1.29, 1.82) is 0 Å². The average molecular weight is 348 g/mol. The Morgan fingerprint density at radius 2 is 1.88 bits per heavy atom. The highest BCUT2D eigenvalue weighted by atomic mass is 19.2. The molecule has 0 bridgehead atoms. The summed E-state index contributed by atoms with van der Waals surface area (Å²) in [6.45, 7) is 3.28. The van der Waals surface area contributed by atoms with Crippen molar-refractivity contribution in [3.8, 4) is 0 Å². The van der Waals surface area contributed by atoms with E-state index in [9.17, 15) is 18.4 Å². The molecule has 2 aromatic carbocycles. The molecular formula is C18H18F2N2O3. The van der Waals surface area contributed by atoms with Crippen LogP contribution in [-0.4, -0.2) is 19.1 Å². The van der Waals surface area contributed by atoms with Crippen LogP contribution in [-0.2, 0) is 4.74 Å². The van der Waals surface area contributed by atoms with Gasteiger partial charge < -0.3 is 15.4 Å². The van der Waals surface area contributed by atoms with E-state index in [0.29, 0.717) is 16.8 Å². The third-order valence-corrected chi connectivity index (χ3v) is 3.70. The minimum absolute atomic E-state index is 0.0364. The Labute approximate surface area is 144 Å². The van der Waals surface area contributed by atoms with Gasteiger partial charge in [0.05, 0.1) is 18.7 Å². The zero-order chi connectivity index (χ0) is 18.6. The van der Waals surface area contributed by atoms with Gasteiger partial charge in [-0.1, -0.05) is 18.2 Å². The predicted octanol–water partition coefficient (Wildman–Crippen LogP) is 3.94. The van der Waals surface area contributed by atoms with E-state index in [1.165, 1.54) is 32.2 Å². The lowest BCUT2D eigenvalue weighted by Gasteiger charge is -2.16. The van der Waals surface area contributed by atoms with Gasteiger partial charge in [0.15, 0.2) is 11.6 Å². The molecule has 0 heterocycles. The van der Waals surface area contributed by atoms with Crippen LogP contribution in [0.2, 0.25) is 0 Å². The van der Waals surface area contributed by atoms with Crippen LogP contribution in [0.4, 0.5) is 19.3 Å². The Bertz CT molecular complexity index is 809. The molecule has 2 N–H and O–H groups in total. The highest BCUT2D eigenvalue weighted by molar-refractivity contribution is 5.95. The van der Waals surface area contributed by atoms with Gasteiger partial charge in [-0.05, 0) is 37.6 Å². The topological polar surface area (TPSA) is 67.4 Å². The van der Waals surface area contributed by atoms with Crippen molar-refractivity contribution >= 4 is 17.7 Å². The van der Waals surface area contributed by atoms with E-state index in [-0.39, 0.29) is 5.56 Å². The number of carbonyl (C=O) groups is 2. The highest BCUT2D eigenvalue weighted by Gasteiger charge is 2.17. The molecule has 0 saturated carbocycles. The fraction of sp³-hybridized carbons (Fsp3) is 0.222. The third kappa shape index (κ3) is 4.32. The summed E-state index contributed by atoms with van der Waals surface area (Å²) in [5, 5.41) is 5.07. The summed E-state index contributed by atoms with van der Waals surface area (Å²) in [4.78, 5) is 23.8. The van der Waals surface area contributed by atoms with Crippen molar-refractivity contribution in [2.75, 3.05) is 12.4 Å². The second-order valence-electron chi connectivity index (χ2n) is 5.48. The predicted molar refractivity (Wildman–Crippen MR) is 89.4 cm³/mol. The third-order valence-electron chi connectivity index (χ3n) is 3.70. The quantitative estimate of drug-likeness (QED) is 0.823. The SMILES string of the molecule is COC(=O)c1cc(NC(=O)N[C@H](C)c2cccc(F)c2F)ccc1C. The molecule has 0 radical (unpaired) electrons. The van der Waals surface area contributed by atoms with Crippen molar-refractivity contribution in [2.24, 2.45) is 0 Å². The van der Waals surface area contributed by atoms with Crippen molar-refractivity contribution < 1.29 is 23.1 Å². The molecule has 0 unspecified atom stereocenters. The smallest absolute Gasteiger partial charge is 0.338 e. The number of carbonyl (C=O) groups excluding carboxylic acids is 2. The number of rotatable bonds is 4. The number of benzene rings is 2. The molecule has 25 heavy (non-hydrogen) atoms. The van der Waals surface area contributed by atoms with E-state index >= 15 is 0 Å². The standard InChI is InChI=1S/C18H18F2N2O3/c1-10-7-8-12(9-14(10)17(23)25-3)22-18(24)21-11(2)13-5-4-6-15(19)16(13)20/h4-9,11H,1-3H3,(H2,21,22,24)/t11-/m1/s1. The molecule has 0 aromatic heterocycles. The minimum atomic E-state index is -1.00. The highest BCUT2D eigenvalue weighted by Crippen LogP contribution is 2.20. The number of nitrogens with one attached hydrogen (secondary N) is 2. The van der Waals surface area contributed by atoms with E-state index in [4.69, 9.17) is 0 Å². The molecule has 2 rings (SSSR count). The van der Waals surface area contributed by atoms with Gasteiger partial charge in [-0.25, -0.2) is 18.4 Å². The molecule has 0 aliphatic rings. The summed E-state index contributed by atoms with van der Waals surface area (Å²) in [5.41, 5.74) is 1.43. The number of hydrogen-bond acceptors (Lipinski definition) is 3. The van der Waals surface area contributed by atoms with E-state index in [2.05, 4.69) is 15.4 Å². The number of urea groups is 1. The zero-order valence-corrected chi connectivity index (χ0v) is 14.0. The summed E-state index contributed by atoms with van der Waals surface area (Å²) in [7, 11) is 1.27. The maximum Gasteiger partial charge on any atom is 0.338 e. The molecular weight excluding hydrogens is 330 g/mol. The van der Waals surface area contributed by atoms with Crippen molar-refractivity contribution in [3.63, 3.8) is 0 Å². The van der Waals surface area contributed by atoms with Gasteiger partial charge in [-0.3, -0.25) is 0 Å². The number of hydrogen-bond donors (Lipinski definition) is 2. The molecule has 2 amide bonds. The van der Waals surface area contributed by atoms with E-state index in [1.54, 1.807) is 19.1 Å². The first-order valence-corrected chi connectivity index (χ1v) is 7.54. The second kappa shape index (κ2) is 7.74. The molecule has 0 aliphatic heterocycles. The Kier molecular flexibility index (Phi) is 5.69. The molecule has 2 aromatic rings. The second-order valence-corrected chi connectivity index (χ2v) is 5.48. The first kappa shape index (κ1) is 18.4. The van der Waals surface area contributed by atoms with Crippen LogP contribution in [0, 0.1) is 18.6 Å². The maximum absolute atomic E-state index is 13.8. The van der Waals surface area contributed by atoms with Gasteiger partial charge in [-0.15, -0.1) is 0 Å². The fourth-order valence-corrected chi connectivity index (χ4v) is 2.33. The molecule has 0 fully saturated rings. The number of methoxy groups -OCH3 is 1. The van der Waals surface area contributed by atoms with Crippen LogP contribution in [0.5, 0.6) is 0 Å². The number of ether oxygens (including phenoxy) is 1. The number of amides is 2. The largest absolute Gasteiger partial charge is 0.465 e. The molecule has 0 aliphatic carbocycles. The van der Waals surface area contributed by atoms with Gasteiger partial charge in [0, 0.05) is 11.3 Å². The van der Waals surface area contributed by atoms with Crippen molar-refractivity contribution in [2.45, 2.75) is 19.9 Å². The van der Waals surface area contributed by atoms with Gasteiger partial charge in [-0.2, -0.15) is 0 Å². The fourth-order valence-electron chi connectivity index (χ4n) is 2.33.